The summed E-state index contributed by atoms with van der Waals surface area (Å²) in [5, 5.41) is 14.7. The number of aromatic nitrogens is 2. The number of aromatic carboxylic acids is 1. The Morgan fingerprint density at radius 1 is 0.966 bits per heavy atom. The molecule has 2 aromatic carbocycles. The maximum absolute atomic E-state index is 12.1. The van der Waals surface area contributed by atoms with E-state index in [9.17, 15) is 9.90 Å². The summed E-state index contributed by atoms with van der Waals surface area (Å²) >= 11 is 0. The van der Waals surface area contributed by atoms with E-state index in [0.29, 0.717) is 24.1 Å². The van der Waals surface area contributed by atoms with E-state index in [-0.39, 0.29) is 5.41 Å². The largest absolute Gasteiger partial charge is 0.478 e. The van der Waals surface area contributed by atoms with Gasteiger partial charge in [-0.15, -0.1) is 0 Å². The van der Waals surface area contributed by atoms with E-state index < -0.39 is 5.97 Å². The van der Waals surface area contributed by atoms with Crippen LogP contribution in [0.2, 0.25) is 0 Å². The quantitative estimate of drug-likeness (QED) is 0.571. The van der Waals surface area contributed by atoms with Gasteiger partial charge in [-0.1, -0.05) is 76.6 Å². The molecule has 0 radical (unpaired) electrons. The summed E-state index contributed by atoms with van der Waals surface area (Å²) in [5.74, 6) is -0.894. The van der Waals surface area contributed by atoms with E-state index >= 15 is 0 Å². The number of hydrogen-bond donors (Lipinski definition) is 1. The Morgan fingerprint density at radius 2 is 1.62 bits per heavy atom. The Balaban J connectivity index is 2.01. The Morgan fingerprint density at radius 3 is 2.17 bits per heavy atom. The zero-order valence-corrected chi connectivity index (χ0v) is 17.8. The number of carboxylic acids is 1. The summed E-state index contributed by atoms with van der Waals surface area (Å²) in [6, 6.07) is 18.4. The zero-order chi connectivity index (χ0) is 21.0. The van der Waals surface area contributed by atoms with Crippen LogP contribution in [-0.4, -0.2) is 20.9 Å². The number of carbonyl (C=O) groups is 1. The molecule has 0 spiro atoms. The molecule has 0 saturated heterocycles. The first-order valence-electron chi connectivity index (χ1n) is 10.3. The molecular weight excluding hydrogens is 360 g/mol. The van der Waals surface area contributed by atoms with Gasteiger partial charge in [0.15, 0.2) is 0 Å². The minimum atomic E-state index is -0.894. The summed E-state index contributed by atoms with van der Waals surface area (Å²) in [6.07, 6.45) is 2.92. The molecule has 0 amide bonds. The van der Waals surface area contributed by atoms with Gasteiger partial charge in [-0.2, -0.15) is 5.10 Å². The molecule has 0 atom stereocenters. The smallest absolute Gasteiger partial charge is 0.339 e. The van der Waals surface area contributed by atoms with Gasteiger partial charge in [0.1, 0.15) is 5.56 Å². The standard InChI is InChI=1S/C25H30N2O2/c1-5-9-22-23(24(28)29)21(17-12-18-10-7-6-8-11-18)26-27(22)20-15-13-19(14-16-20)25(2,3)4/h6-8,10-11,13-16H,5,9,12,17H2,1-4H3,(H,28,29). The summed E-state index contributed by atoms with van der Waals surface area (Å²) in [7, 11) is 0. The van der Waals surface area contributed by atoms with Crippen LogP contribution < -0.4 is 0 Å². The number of benzene rings is 2. The van der Waals surface area contributed by atoms with Crippen molar-refractivity contribution in [1.82, 2.24) is 9.78 Å². The molecule has 152 valence electrons. The van der Waals surface area contributed by atoms with E-state index in [0.717, 1.165) is 24.2 Å². The lowest BCUT2D eigenvalue weighted by molar-refractivity contribution is 0.0694. The van der Waals surface area contributed by atoms with Crippen molar-refractivity contribution in [2.45, 2.75) is 58.8 Å². The van der Waals surface area contributed by atoms with Crippen LogP contribution in [0, 0.1) is 0 Å². The molecule has 0 aliphatic rings. The first-order chi connectivity index (χ1) is 13.8. The predicted molar refractivity (Wildman–Crippen MR) is 117 cm³/mol. The van der Waals surface area contributed by atoms with Gasteiger partial charge in [0.05, 0.1) is 17.1 Å². The fourth-order valence-electron chi connectivity index (χ4n) is 3.62. The normalized spacial score (nSPS) is 11.6. The van der Waals surface area contributed by atoms with Gasteiger partial charge < -0.3 is 5.11 Å². The monoisotopic (exact) mass is 390 g/mol. The first kappa shape index (κ1) is 20.8. The third kappa shape index (κ3) is 4.76. The lowest BCUT2D eigenvalue weighted by atomic mass is 9.87. The fraction of sp³-hybridized carbons (Fsp3) is 0.360. The molecule has 0 bridgehead atoms. The van der Waals surface area contributed by atoms with Crippen molar-refractivity contribution in [3.8, 4) is 5.69 Å². The van der Waals surface area contributed by atoms with Gasteiger partial charge in [0.2, 0.25) is 0 Å². The highest BCUT2D eigenvalue weighted by molar-refractivity contribution is 5.90. The molecule has 3 aromatic rings. The van der Waals surface area contributed by atoms with Crippen LogP contribution >= 0.6 is 0 Å². The zero-order valence-electron chi connectivity index (χ0n) is 17.8. The van der Waals surface area contributed by atoms with Crippen LogP contribution in [0.3, 0.4) is 0 Å². The maximum Gasteiger partial charge on any atom is 0.339 e. The molecule has 0 unspecified atom stereocenters. The highest BCUT2D eigenvalue weighted by atomic mass is 16.4. The lowest BCUT2D eigenvalue weighted by Crippen LogP contribution is -2.11. The van der Waals surface area contributed by atoms with Gasteiger partial charge >= 0.3 is 5.97 Å². The minimum Gasteiger partial charge on any atom is -0.478 e. The van der Waals surface area contributed by atoms with Crippen LogP contribution in [0.25, 0.3) is 5.69 Å². The molecule has 0 aliphatic heterocycles. The third-order valence-electron chi connectivity index (χ3n) is 5.23. The van der Waals surface area contributed by atoms with E-state index in [1.807, 2.05) is 35.0 Å². The minimum absolute atomic E-state index is 0.0714. The molecule has 0 aliphatic carbocycles. The maximum atomic E-state index is 12.1. The Kier molecular flexibility index (Phi) is 6.21. The summed E-state index contributed by atoms with van der Waals surface area (Å²) < 4.78 is 1.83. The van der Waals surface area contributed by atoms with Gasteiger partial charge in [-0.3, -0.25) is 0 Å². The third-order valence-corrected chi connectivity index (χ3v) is 5.23. The molecule has 4 heteroatoms. The van der Waals surface area contributed by atoms with Gasteiger partial charge in [-0.05, 0) is 47.9 Å². The average Bonchev–Trinajstić information content (AvgIpc) is 3.05. The number of rotatable bonds is 7. The predicted octanol–water partition coefficient (Wildman–Crippen LogP) is 5.61. The second-order valence-electron chi connectivity index (χ2n) is 8.52. The first-order valence-corrected chi connectivity index (χ1v) is 10.3. The number of carboxylic acid groups (broad SMARTS) is 1. The van der Waals surface area contributed by atoms with Crippen LogP contribution in [-0.2, 0) is 24.7 Å². The summed E-state index contributed by atoms with van der Waals surface area (Å²) in [5.41, 5.74) is 5.22. The van der Waals surface area contributed by atoms with E-state index in [1.54, 1.807) is 0 Å². The highest BCUT2D eigenvalue weighted by Crippen LogP contribution is 2.26. The SMILES string of the molecule is CCCc1c(C(=O)O)c(CCc2ccccc2)nn1-c1ccc(C(C)(C)C)cc1. The molecule has 0 saturated carbocycles. The highest BCUT2D eigenvalue weighted by Gasteiger charge is 2.24. The number of hydrogen-bond acceptors (Lipinski definition) is 2. The number of aryl methyl sites for hydroxylation is 2. The molecular formula is C25H30N2O2. The molecule has 29 heavy (non-hydrogen) atoms. The molecule has 1 N–H and O–H groups in total. The van der Waals surface area contributed by atoms with Crippen LogP contribution in [0.4, 0.5) is 0 Å². The van der Waals surface area contributed by atoms with Gasteiger partial charge in [-0.25, -0.2) is 9.48 Å². The molecule has 0 fully saturated rings. The molecule has 3 rings (SSSR count). The Bertz CT molecular complexity index is 965. The molecule has 4 nitrogen and oxygen atoms in total. The van der Waals surface area contributed by atoms with Gasteiger partial charge in [0, 0.05) is 0 Å². The average molecular weight is 391 g/mol. The van der Waals surface area contributed by atoms with Crippen molar-refractivity contribution >= 4 is 5.97 Å². The summed E-state index contributed by atoms with van der Waals surface area (Å²) in [6.45, 7) is 8.61. The van der Waals surface area contributed by atoms with E-state index in [4.69, 9.17) is 5.10 Å². The van der Waals surface area contributed by atoms with Crippen molar-refractivity contribution in [2.24, 2.45) is 0 Å². The van der Waals surface area contributed by atoms with Gasteiger partial charge in [0.25, 0.3) is 0 Å². The Hall–Kier alpha value is -2.88. The second-order valence-corrected chi connectivity index (χ2v) is 8.52. The Labute approximate surface area is 173 Å². The molecule has 1 aromatic heterocycles. The van der Waals surface area contributed by atoms with E-state index in [2.05, 4.69) is 52.0 Å². The van der Waals surface area contributed by atoms with Crippen molar-refractivity contribution in [2.75, 3.05) is 0 Å². The summed E-state index contributed by atoms with van der Waals surface area (Å²) in [4.78, 5) is 12.1. The molecule has 1 heterocycles. The van der Waals surface area contributed by atoms with Crippen LogP contribution in [0.5, 0.6) is 0 Å². The van der Waals surface area contributed by atoms with Crippen molar-refractivity contribution in [1.29, 1.82) is 0 Å². The van der Waals surface area contributed by atoms with Crippen molar-refractivity contribution < 1.29 is 9.90 Å². The second kappa shape index (κ2) is 8.64. The van der Waals surface area contributed by atoms with Crippen molar-refractivity contribution in [3.05, 3.63) is 82.7 Å². The fourth-order valence-corrected chi connectivity index (χ4v) is 3.62. The van der Waals surface area contributed by atoms with E-state index in [1.165, 1.54) is 11.1 Å². The number of nitrogens with zero attached hydrogens (tertiary/aromatic N) is 2. The van der Waals surface area contributed by atoms with Crippen LogP contribution in [0.15, 0.2) is 54.6 Å². The lowest BCUT2D eigenvalue weighted by Gasteiger charge is -2.19. The topological polar surface area (TPSA) is 55.1 Å². The van der Waals surface area contributed by atoms with Crippen LogP contribution in [0.1, 0.15) is 67.0 Å². The van der Waals surface area contributed by atoms with Crippen molar-refractivity contribution in [3.63, 3.8) is 0 Å².